The molecule has 3 rings (SSSR count). The zero-order valence-corrected chi connectivity index (χ0v) is 12.7. The van der Waals surface area contributed by atoms with Crippen LogP contribution in [0.25, 0.3) is 0 Å². The van der Waals surface area contributed by atoms with Gasteiger partial charge in [-0.05, 0) is 19.1 Å². The first-order valence-corrected chi connectivity index (χ1v) is 7.40. The summed E-state index contributed by atoms with van der Waals surface area (Å²) in [6.45, 7) is 1.75. The molecule has 0 unspecified atom stereocenters. The van der Waals surface area contributed by atoms with Crippen molar-refractivity contribution in [1.82, 2.24) is 0 Å². The topological polar surface area (TPSA) is 71.1 Å². The lowest BCUT2D eigenvalue weighted by molar-refractivity contribution is -0.154. The number of alkyl halides is 1. The number of rotatable bonds is 2. The maximum atomic E-state index is 12.1. The Morgan fingerprint density at radius 2 is 1.86 bits per heavy atom. The smallest absolute Gasteiger partial charge is 0.452 e. The molecule has 2 heterocycles. The molecule has 5 atom stereocenters. The second kappa shape index (κ2) is 5.65. The van der Waals surface area contributed by atoms with Crippen LogP contribution in [-0.4, -0.2) is 41.6 Å². The van der Waals surface area contributed by atoms with Crippen LogP contribution in [-0.2, 0) is 18.9 Å². The van der Waals surface area contributed by atoms with Gasteiger partial charge in [0.1, 0.15) is 0 Å². The number of esters is 1. The highest BCUT2D eigenvalue weighted by Crippen LogP contribution is 2.35. The summed E-state index contributed by atoms with van der Waals surface area (Å²) in [6.07, 6.45) is -3.26. The van der Waals surface area contributed by atoms with Crippen molar-refractivity contribution in [2.24, 2.45) is 0 Å². The summed E-state index contributed by atoms with van der Waals surface area (Å²) in [6, 6.07) is 8.60. The van der Waals surface area contributed by atoms with E-state index in [0.717, 1.165) is 0 Å². The van der Waals surface area contributed by atoms with Gasteiger partial charge in [-0.1, -0.05) is 34.1 Å². The van der Waals surface area contributed by atoms with Gasteiger partial charge in [-0.2, -0.15) is 0 Å². The van der Waals surface area contributed by atoms with Crippen LogP contribution < -0.4 is 0 Å². The monoisotopic (exact) mass is 356 g/mol. The van der Waals surface area contributed by atoms with Gasteiger partial charge in [0, 0.05) is 0 Å². The molecule has 21 heavy (non-hydrogen) atoms. The van der Waals surface area contributed by atoms with Gasteiger partial charge in [-0.25, -0.2) is 9.59 Å². The molecule has 2 aliphatic rings. The molecule has 0 N–H and O–H groups in total. The highest BCUT2D eigenvalue weighted by molar-refractivity contribution is 9.09. The fourth-order valence-electron chi connectivity index (χ4n) is 2.40. The number of halogens is 1. The molecular weight excluding hydrogens is 344 g/mol. The minimum absolute atomic E-state index is 0.424. The van der Waals surface area contributed by atoms with Crippen LogP contribution in [0.2, 0.25) is 0 Å². The predicted molar refractivity (Wildman–Crippen MR) is 74.0 cm³/mol. The number of fused-ring (bicyclic) bond motifs is 1. The minimum atomic E-state index is -0.784. The van der Waals surface area contributed by atoms with Gasteiger partial charge in [-0.3, -0.25) is 0 Å². The third-order valence-corrected chi connectivity index (χ3v) is 4.17. The number of hydrogen-bond acceptors (Lipinski definition) is 6. The Balaban J connectivity index is 1.77. The summed E-state index contributed by atoms with van der Waals surface area (Å²) < 4.78 is 21.2. The lowest BCUT2D eigenvalue weighted by Gasteiger charge is -2.37. The Morgan fingerprint density at radius 3 is 2.57 bits per heavy atom. The van der Waals surface area contributed by atoms with Crippen molar-refractivity contribution < 1.29 is 28.5 Å². The van der Waals surface area contributed by atoms with Crippen molar-refractivity contribution in [2.75, 3.05) is 0 Å². The summed E-state index contributed by atoms with van der Waals surface area (Å²) in [5.41, 5.74) is 0.424. The number of carbonyl (C=O) groups excluding carboxylic acids is 2. The summed E-state index contributed by atoms with van der Waals surface area (Å²) >= 11 is 3.28. The van der Waals surface area contributed by atoms with Crippen molar-refractivity contribution >= 4 is 28.1 Å². The van der Waals surface area contributed by atoms with E-state index in [0.29, 0.717) is 5.56 Å². The third-order valence-electron chi connectivity index (χ3n) is 3.43. The lowest BCUT2D eigenvalue weighted by Crippen LogP contribution is -2.55. The van der Waals surface area contributed by atoms with Crippen LogP contribution in [0.4, 0.5) is 4.79 Å². The summed E-state index contributed by atoms with van der Waals surface area (Å²) in [7, 11) is 0. The van der Waals surface area contributed by atoms with E-state index in [4.69, 9.17) is 18.9 Å². The summed E-state index contributed by atoms with van der Waals surface area (Å²) in [5, 5.41) is -0.490. The first kappa shape index (κ1) is 14.3. The van der Waals surface area contributed by atoms with E-state index in [9.17, 15) is 9.59 Å². The van der Waals surface area contributed by atoms with Crippen molar-refractivity contribution in [1.29, 1.82) is 0 Å². The van der Waals surface area contributed by atoms with E-state index in [2.05, 4.69) is 15.9 Å². The molecule has 0 aliphatic carbocycles. The molecule has 2 fully saturated rings. The normalized spacial score (nSPS) is 34.6. The standard InChI is InChI=1S/C14H13BrO6/c1-7-9(19-13(16)8-5-3-2-4-6-8)10-11(12(15)18-7)21-14(17)20-10/h2-7,9-12H,1H3/t7-,9-,10+,11+,12+/m0/s1. The van der Waals surface area contributed by atoms with Crippen LogP contribution in [0.15, 0.2) is 30.3 Å². The SMILES string of the molecule is C[C@@H]1O[C@@H](Br)[C@@H]2OC(=O)O[C@@H]2[C@H]1OC(=O)c1ccccc1. The van der Waals surface area contributed by atoms with Crippen molar-refractivity contribution in [3.05, 3.63) is 35.9 Å². The number of benzene rings is 1. The number of ether oxygens (including phenoxy) is 4. The Bertz CT molecular complexity index is 548. The second-order valence-electron chi connectivity index (χ2n) is 4.84. The molecule has 0 spiro atoms. The molecule has 1 aromatic carbocycles. The zero-order chi connectivity index (χ0) is 15.0. The molecule has 0 radical (unpaired) electrons. The minimum Gasteiger partial charge on any atom is -0.452 e. The van der Waals surface area contributed by atoms with Crippen LogP contribution in [0.3, 0.4) is 0 Å². The van der Waals surface area contributed by atoms with Gasteiger partial charge in [-0.15, -0.1) is 0 Å². The molecule has 1 aromatic rings. The van der Waals surface area contributed by atoms with Crippen LogP contribution in [0.1, 0.15) is 17.3 Å². The average Bonchev–Trinajstić information content (AvgIpc) is 2.86. The molecular formula is C14H13BrO6. The Labute approximate surface area is 129 Å². The van der Waals surface area contributed by atoms with Crippen LogP contribution >= 0.6 is 15.9 Å². The summed E-state index contributed by atoms with van der Waals surface area (Å²) in [4.78, 5) is 23.4. The van der Waals surface area contributed by atoms with Gasteiger partial charge >= 0.3 is 12.1 Å². The van der Waals surface area contributed by atoms with Crippen molar-refractivity contribution in [2.45, 2.75) is 36.4 Å². The average molecular weight is 357 g/mol. The van der Waals surface area contributed by atoms with E-state index in [-0.39, 0.29) is 0 Å². The lowest BCUT2D eigenvalue weighted by atomic mass is 10.0. The molecule has 2 saturated heterocycles. The van der Waals surface area contributed by atoms with Crippen molar-refractivity contribution in [3.63, 3.8) is 0 Å². The maximum Gasteiger partial charge on any atom is 0.509 e. The Morgan fingerprint density at radius 1 is 1.19 bits per heavy atom. The molecule has 0 saturated carbocycles. The molecule has 0 amide bonds. The summed E-state index contributed by atoms with van der Waals surface area (Å²) in [5.74, 6) is -0.495. The number of hydrogen-bond donors (Lipinski definition) is 0. The van der Waals surface area contributed by atoms with E-state index >= 15 is 0 Å². The molecule has 2 aliphatic heterocycles. The first-order valence-electron chi connectivity index (χ1n) is 6.49. The molecule has 0 aromatic heterocycles. The largest absolute Gasteiger partial charge is 0.509 e. The van der Waals surface area contributed by atoms with Gasteiger partial charge in [0.15, 0.2) is 23.3 Å². The quantitative estimate of drug-likeness (QED) is 0.597. The predicted octanol–water partition coefficient (Wildman–Crippen LogP) is 2.26. The van der Waals surface area contributed by atoms with E-state index in [1.165, 1.54) is 0 Å². The van der Waals surface area contributed by atoms with Crippen LogP contribution in [0.5, 0.6) is 0 Å². The Kier molecular flexibility index (Phi) is 3.86. The van der Waals surface area contributed by atoms with Crippen molar-refractivity contribution in [3.8, 4) is 0 Å². The van der Waals surface area contributed by atoms with Crippen LogP contribution in [0, 0.1) is 0 Å². The molecule has 7 heteroatoms. The van der Waals surface area contributed by atoms with Gasteiger partial charge in [0.25, 0.3) is 0 Å². The molecule has 112 valence electrons. The third kappa shape index (κ3) is 2.75. The number of carbonyl (C=O) groups is 2. The zero-order valence-electron chi connectivity index (χ0n) is 11.1. The van der Waals surface area contributed by atoms with E-state index < -0.39 is 41.6 Å². The second-order valence-corrected chi connectivity index (χ2v) is 5.75. The Hall–Kier alpha value is -1.60. The van der Waals surface area contributed by atoms with Gasteiger partial charge < -0.3 is 18.9 Å². The fourth-order valence-corrected chi connectivity index (χ4v) is 3.15. The van der Waals surface area contributed by atoms with E-state index in [1.807, 2.05) is 0 Å². The van der Waals surface area contributed by atoms with Gasteiger partial charge in [0.2, 0.25) is 0 Å². The maximum absolute atomic E-state index is 12.1. The highest BCUT2D eigenvalue weighted by atomic mass is 79.9. The van der Waals surface area contributed by atoms with Gasteiger partial charge in [0.05, 0.1) is 11.7 Å². The molecule has 0 bridgehead atoms. The molecule has 6 nitrogen and oxygen atoms in total. The first-order chi connectivity index (χ1) is 10.1. The fraction of sp³-hybridized carbons (Fsp3) is 0.429. The van der Waals surface area contributed by atoms with E-state index in [1.54, 1.807) is 37.3 Å². The highest BCUT2D eigenvalue weighted by Gasteiger charge is 2.54.